The minimum atomic E-state index is -0.524. The van der Waals surface area contributed by atoms with E-state index in [1.807, 2.05) is 62.4 Å². The molecule has 0 saturated heterocycles. The smallest absolute Gasteiger partial charge is 0.242 e. The van der Waals surface area contributed by atoms with Gasteiger partial charge in [-0.1, -0.05) is 36.4 Å². The van der Waals surface area contributed by atoms with E-state index in [4.69, 9.17) is 4.74 Å². The third-order valence-corrected chi connectivity index (χ3v) is 5.76. The van der Waals surface area contributed by atoms with E-state index in [0.717, 1.165) is 28.2 Å². The fraction of sp³-hybridized carbons (Fsp3) is 0.391. The van der Waals surface area contributed by atoms with E-state index in [-0.39, 0.29) is 11.8 Å². The van der Waals surface area contributed by atoms with Crippen molar-refractivity contribution in [2.75, 3.05) is 19.4 Å². The number of thioether (sulfide) groups is 1. The van der Waals surface area contributed by atoms with Crippen LogP contribution in [0, 0.1) is 6.92 Å². The van der Waals surface area contributed by atoms with Crippen molar-refractivity contribution in [2.45, 2.75) is 39.1 Å². The van der Waals surface area contributed by atoms with Gasteiger partial charge in [0.05, 0.1) is 12.9 Å². The van der Waals surface area contributed by atoms with Gasteiger partial charge >= 0.3 is 0 Å². The highest BCUT2D eigenvalue weighted by molar-refractivity contribution is 7.99. The lowest BCUT2D eigenvalue weighted by atomic mass is 10.1. The average Bonchev–Trinajstić information content (AvgIpc) is 2.73. The van der Waals surface area contributed by atoms with E-state index in [0.29, 0.717) is 18.8 Å². The molecule has 156 valence electrons. The lowest BCUT2D eigenvalue weighted by Gasteiger charge is -2.29. The van der Waals surface area contributed by atoms with Crippen LogP contribution in [-0.2, 0) is 21.9 Å². The van der Waals surface area contributed by atoms with Gasteiger partial charge in [0.25, 0.3) is 0 Å². The molecule has 0 spiro atoms. The van der Waals surface area contributed by atoms with Crippen molar-refractivity contribution in [3.05, 3.63) is 65.2 Å². The second-order valence-corrected chi connectivity index (χ2v) is 7.85. The molecule has 2 aromatic carbocycles. The molecule has 0 aromatic heterocycles. The molecule has 0 saturated carbocycles. The van der Waals surface area contributed by atoms with Gasteiger partial charge in [-0.2, -0.15) is 0 Å². The Morgan fingerprint density at radius 1 is 1.14 bits per heavy atom. The first kappa shape index (κ1) is 22.8. The van der Waals surface area contributed by atoms with Crippen LogP contribution in [0.5, 0.6) is 5.75 Å². The van der Waals surface area contributed by atoms with Crippen molar-refractivity contribution in [1.82, 2.24) is 10.2 Å². The fourth-order valence-corrected chi connectivity index (χ4v) is 3.81. The summed E-state index contributed by atoms with van der Waals surface area (Å²) in [4.78, 5) is 27.1. The number of hydrogen-bond acceptors (Lipinski definition) is 4. The predicted molar refractivity (Wildman–Crippen MR) is 119 cm³/mol. The van der Waals surface area contributed by atoms with Crippen molar-refractivity contribution in [1.29, 1.82) is 0 Å². The van der Waals surface area contributed by atoms with Crippen molar-refractivity contribution in [3.63, 3.8) is 0 Å². The van der Waals surface area contributed by atoms with E-state index >= 15 is 0 Å². The number of nitrogens with zero attached hydrogens (tertiary/aromatic N) is 1. The Morgan fingerprint density at radius 3 is 2.45 bits per heavy atom. The summed E-state index contributed by atoms with van der Waals surface area (Å²) in [5.41, 5.74) is 3.29. The Hall–Kier alpha value is -2.47. The van der Waals surface area contributed by atoms with Crippen molar-refractivity contribution in [3.8, 4) is 5.75 Å². The molecule has 0 bridgehead atoms. The quantitative estimate of drug-likeness (QED) is 0.643. The molecule has 2 rings (SSSR count). The molecule has 0 aliphatic rings. The third kappa shape index (κ3) is 6.82. The molecule has 0 fully saturated rings. The second-order valence-electron chi connectivity index (χ2n) is 6.86. The van der Waals surface area contributed by atoms with Crippen molar-refractivity contribution in [2.24, 2.45) is 0 Å². The Labute approximate surface area is 177 Å². The summed E-state index contributed by atoms with van der Waals surface area (Å²) in [5, 5.41) is 2.82. The normalized spacial score (nSPS) is 11.6. The van der Waals surface area contributed by atoms with E-state index in [2.05, 4.69) is 5.32 Å². The molecule has 5 nitrogen and oxygen atoms in total. The van der Waals surface area contributed by atoms with Gasteiger partial charge in [-0.15, -0.1) is 11.8 Å². The molecular weight excluding hydrogens is 384 g/mol. The number of aryl methyl sites for hydroxylation is 1. The monoisotopic (exact) mass is 414 g/mol. The first-order valence-corrected chi connectivity index (χ1v) is 10.9. The second kappa shape index (κ2) is 11.5. The van der Waals surface area contributed by atoms with Gasteiger partial charge in [-0.3, -0.25) is 9.59 Å². The molecule has 1 N–H and O–H groups in total. The molecule has 0 aliphatic carbocycles. The maximum absolute atomic E-state index is 13.0. The number of rotatable bonds is 10. The number of methoxy groups -OCH3 is 1. The number of carbonyl (C=O) groups excluding carboxylic acids is 2. The first-order valence-electron chi connectivity index (χ1n) is 9.78. The van der Waals surface area contributed by atoms with Crippen LogP contribution in [0.1, 0.15) is 30.5 Å². The molecule has 2 amide bonds. The van der Waals surface area contributed by atoms with E-state index < -0.39 is 6.04 Å². The SMILES string of the molecule is CCNC(=O)[C@H](C)N(Cc1ccccc1C)C(=O)CSCc1ccc(OC)cc1. The van der Waals surface area contributed by atoms with Gasteiger partial charge in [-0.05, 0) is 49.6 Å². The molecule has 0 unspecified atom stereocenters. The molecular formula is C23H30N2O3S. The summed E-state index contributed by atoms with van der Waals surface area (Å²) in [6.45, 7) is 6.65. The highest BCUT2D eigenvalue weighted by atomic mass is 32.2. The van der Waals surface area contributed by atoms with Crippen molar-refractivity contribution < 1.29 is 14.3 Å². The highest BCUT2D eigenvalue weighted by Crippen LogP contribution is 2.19. The van der Waals surface area contributed by atoms with Crippen LogP contribution < -0.4 is 10.1 Å². The Balaban J connectivity index is 2.04. The summed E-state index contributed by atoms with van der Waals surface area (Å²) in [6.07, 6.45) is 0. The zero-order chi connectivity index (χ0) is 21.2. The van der Waals surface area contributed by atoms with Crippen LogP contribution >= 0.6 is 11.8 Å². The minimum Gasteiger partial charge on any atom is -0.497 e. The number of nitrogens with one attached hydrogen (secondary N) is 1. The van der Waals surface area contributed by atoms with Crippen LogP contribution in [-0.4, -0.2) is 42.2 Å². The minimum absolute atomic E-state index is 0.0366. The summed E-state index contributed by atoms with van der Waals surface area (Å²) >= 11 is 1.55. The zero-order valence-corrected chi connectivity index (χ0v) is 18.4. The van der Waals surface area contributed by atoms with Gasteiger partial charge in [0.1, 0.15) is 11.8 Å². The van der Waals surface area contributed by atoms with Crippen LogP contribution in [0.3, 0.4) is 0 Å². The van der Waals surface area contributed by atoms with Crippen LogP contribution in [0.2, 0.25) is 0 Å². The van der Waals surface area contributed by atoms with Gasteiger partial charge in [0, 0.05) is 18.8 Å². The molecule has 29 heavy (non-hydrogen) atoms. The number of hydrogen-bond donors (Lipinski definition) is 1. The Morgan fingerprint density at radius 2 is 1.83 bits per heavy atom. The van der Waals surface area contributed by atoms with Crippen molar-refractivity contribution >= 4 is 23.6 Å². The Bertz CT molecular complexity index is 808. The fourth-order valence-electron chi connectivity index (χ4n) is 2.94. The van der Waals surface area contributed by atoms with E-state index in [9.17, 15) is 9.59 Å². The highest BCUT2D eigenvalue weighted by Gasteiger charge is 2.26. The summed E-state index contributed by atoms with van der Waals surface area (Å²) in [6, 6.07) is 15.3. The van der Waals surface area contributed by atoms with E-state index in [1.54, 1.807) is 30.7 Å². The lowest BCUT2D eigenvalue weighted by Crippen LogP contribution is -2.48. The van der Waals surface area contributed by atoms with Crippen LogP contribution in [0.15, 0.2) is 48.5 Å². The van der Waals surface area contributed by atoms with Gasteiger partial charge < -0.3 is 15.0 Å². The largest absolute Gasteiger partial charge is 0.497 e. The van der Waals surface area contributed by atoms with Gasteiger partial charge in [0.2, 0.25) is 11.8 Å². The molecule has 2 aromatic rings. The van der Waals surface area contributed by atoms with Crippen LogP contribution in [0.4, 0.5) is 0 Å². The molecule has 0 radical (unpaired) electrons. The molecule has 1 atom stereocenters. The standard InChI is InChI=1S/C23H30N2O3S/c1-5-24-23(27)18(3)25(14-20-9-7-6-8-17(20)2)22(26)16-29-15-19-10-12-21(28-4)13-11-19/h6-13,18H,5,14-16H2,1-4H3,(H,24,27)/t18-/m0/s1. The van der Waals surface area contributed by atoms with Crippen LogP contribution in [0.25, 0.3) is 0 Å². The molecule has 0 heterocycles. The maximum atomic E-state index is 13.0. The van der Waals surface area contributed by atoms with E-state index in [1.165, 1.54) is 0 Å². The maximum Gasteiger partial charge on any atom is 0.242 e. The topological polar surface area (TPSA) is 58.6 Å². The number of amides is 2. The Kier molecular flexibility index (Phi) is 9.06. The predicted octanol–water partition coefficient (Wildman–Crippen LogP) is 3.79. The molecule has 0 aliphatic heterocycles. The summed E-state index contributed by atoms with van der Waals surface area (Å²) < 4.78 is 5.17. The zero-order valence-electron chi connectivity index (χ0n) is 17.6. The number of likely N-dealkylation sites (N-methyl/N-ethyl adjacent to an activating group) is 1. The average molecular weight is 415 g/mol. The van der Waals surface area contributed by atoms with Gasteiger partial charge in [0.15, 0.2) is 0 Å². The summed E-state index contributed by atoms with van der Waals surface area (Å²) in [5.74, 6) is 1.69. The number of carbonyl (C=O) groups is 2. The number of ether oxygens (including phenoxy) is 1. The third-order valence-electron chi connectivity index (χ3n) is 4.77. The first-order chi connectivity index (χ1) is 14.0. The van der Waals surface area contributed by atoms with Gasteiger partial charge in [-0.25, -0.2) is 0 Å². The summed E-state index contributed by atoms with van der Waals surface area (Å²) in [7, 11) is 1.64. The molecule has 6 heteroatoms. The number of benzene rings is 2. The lowest BCUT2D eigenvalue weighted by molar-refractivity contribution is -0.138.